The second-order valence-electron chi connectivity index (χ2n) is 1.94. The molecular weight excluding hydrogens is 104 g/mol. The van der Waals surface area contributed by atoms with Crippen LogP contribution in [0.4, 0.5) is 0 Å². The number of rotatable bonds is 3. The van der Waals surface area contributed by atoms with Gasteiger partial charge in [0.05, 0.1) is 12.8 Å². The van der Waals surface area contributed by atoms with Gasteiger partial charge in [0.1, 0.15) is 0 Å². The largest absolute Gasteiger partial charge is 0.395 e. The zero-order chi connectivity index (χ0) is 6.57. The molecule has 50 valence electrons. The third-order valence-electron chi connectivity index (χ3n) is 1.15. The van der Waals surface area contributed by atoms with E-state index >= 15 is 0 Å². The molecule has 0 bridgehead atoms. The third-order valence-corrected chi connectivity index (χ3v) is 1.15. The lowest BCUT2D eigenvalue weighted by molar-refractivity contribution is 0.190. The molecule has 0 aromatic heterocycles. The van der Waals surface area contributed by atoms with Gasteiger partial charge in [-0.05, 0) is 14.0 Å². The molecule has 0 spiro atoms. The first-order valence-electron chi connectivity index (χ1n) is 2.75. The van der Waals surface area contributed by atoms with Crippen LogP contribution in [0.2, 0.25) is 0 Å². The predicted octanol–water partition coefficient (Wildman–Crippen LogP) is -0.785. The lowest BCUT2D eigenvalue weighted by Gasteiger charge is -2.18. The van der Waals surface area contributed by atoms with Gasteiger partial charge in [-0.1, -0.05) is 0 Å². The van der Waals surface area contributed by atoms with E-state index in [1.807, 2.05) is 18.9 Å². The van der Waals surface area contributed by atoms with Gasteiger partial charge < -0.3 is 10.8 Å². The smallest absolute Gasteiger partial charge is 0.0558 e. The van der Waals surface area contributed by atoms with Crippen LogP contribution in [0.5, 0.6) is 0 Å². The Morgan fingerprint density at radius 2 is 2.25 bits per heavy atom. The normalized spacial score (nSPS) is 14.6. The number of nitrogens with two attached hydrogens (primary N) is 1. The number of likely N-dealkylation sites (N-methyl/N-ethyl adjacent to an activating group) is 1. The van der Waals surface area contributed by atoms with Gasteiger partial charge in [0.2, 0.25) is 0 Å². The maximum atomic E-state index is 8.39. The van der Waals surface area contributed by atoms with E-state index in [4.69, 9.17) is 10.8 Å². The SMILES string of the molecule is CC(N)N(C)CCO. The quantitative estimate of drug-likeness (QED) is 0.478. The van der Waals surface area contributed by atoms with E-state index in [-0.39, 0.29) is 12.8 Å². The van der Waals surface area contributed by atoms with Crippen LogP contribution in [0.3, 0.4) is 0 Å². The highest BCUT2D eigenvalue weighted by Crippen LogP contribution is 1.83. The second kappa shape index (κ2) is 3.83. The van der Waals surface area contributed by atoms with Gasteiger partial charge in [0, 0.05) is 6.54 Å². The monoisotopic (exact) mass is 118 g/mol. The molecule has 3 heteroatoms. The molecule has 0 radical (unpaired) electrons. The Morgan fingerprint density at radius 3 is 2.38 bits per heavy atom. The van der Waals surface area contributed by atoms with E-state index in [2.05, 4.69) is 0 Å². The van der Waals surface area contributed by atoms with Gasteiger partial charge in [-0.2, -0.15) is 0 Å². The minimum absolute atomic E-state index is 0.0437. The zero-order valence-electron chi connectivity index (χ0n) is 5.46. The highest BCUT2D eigenvalue weighted by Gasteiger charge is 1.99. The van der Waals surface area contributed by atoms with Gasteiger partial charge in [-0.25, -0.2) is 0 Å². The Labute approximate surface area is 50.1 Å². The number of aliphatic hydroxyl groups is 1. The van der Waals surface area contributed by atoms with Crippen molar-refractivity contribution in [1.82, 2.24) is 4.90 Å². The minimum atomic E-state index is 0.0437. The highest BCUT2D eigenvalue weighted by atomic mass is 16.3. The molecule has 0 fully saturated rings. The van der Waals surface area contributed by atoms with Crippen LogP contribution in [-0.4, -0.2) is 36.4 Å². The van der Waals surface area contributed by atoms with E-state index in [0.29, 0.717) is 6.54 Å². The van der Waals surface area contributed by atoms with Crippen molar-refractivity contribution in [3.8, 4) is 0 Å². The summed E-state index contributed by atoms with van der Waals surface area (Å²) in [6, 6.07) is 0. The van der Waals surface area contributed by atoms with Crippen molar-refractivity contribution >= 4 is 0 Å². The first kappa shape index (κ1) is 7.88. The van der Waals surface area contributed by atoms with Gasteiger partial charge >= 0.3 is 0 Å². The van der Waals surface area contributed by atoms with Crippen LogP contribution in [0.15, 0.2) is 0 Å². The van der Waals surface area contributed by atoms with Crippen LogP contribution >= 0.6 is 0 Å². The molecule has 1 unspecified atom stereocenters. The molecule has 0 aromatic carbocycles. The predicted molar refractivity (Wildman–Crippen MR) is 33.4 cm³/mol. The Hall–Kier alpha value is -0.120. The number of nitrogens with zero attached hydrogens (tertiary/aromatic N) is 1. The molecule has 0 aliphatic rings. The number of hydrogen-bond donors (Lipinski definition) is 2. The molecule has 3 N–H and O–H groups in total. The molecule has 0 heterocycles. The zero-order valence-corrected chi connectivity index (χ0v) is 5.46. The van der Waals surface area contributed by atoms with Crippen LogP contribution in [0.25, 0.3) is 0 Å². The minimum Gasteiger partial charge on any atom is -0.395 e. The first-order chi connectivity index (χ1) is 3.68. The average Bonchev–Trinajstić information content (AvgIpc) is 1.67. The highest BCUT2D eigenvalue weighted by molar-refractivity contribution is 4.52. The van der Waals surface area contributed by atoms with E-state index < -0.39 is 0 Å². The maximum Gasteiger partial charge on any atom is 0.0558 e. The summed E-state index contributed by atoms with van der Waals surface area (Å²) in [4.78, 5) is 1.88. The standard InChI is InChI=1S/C5H14N2O/c1-5(6)7(2)3-4-8/h5,8H,3-4,6H2,1-2H3. The maximum absolute atomic E-state index is 8.39. The molecule has 0 saturated carbocycles. The second-order valence-corrected chi connectivity index (χ2v) is 1.94. The lowest BCUT2D eigenvalue weighted by Crippen LogP contribution is -2.37. The molecule has 0 amide bonds. The van der Waals surface area contributed by atoms with E-state index in [1.54, 1.807) is 0 Å². The van der Waals surface area contributed by atoms with Crippen molar-refractivity contribution < 1.29 is 5.11 Å². The van der Waals surface area contributed by atoms with Crippen LogP contribution in [-0.2, 0) is 0 Å². The van der Waals surface area contributed by atoms with Crippen molar-refractivity contribution in [1.29, 1.82) is 0 Å². The molecule has 0 rings (SSSR count). The van der Waals surface area contributed by atoms with Gasteiger partial charge in [0.25, 0.3) is 0 Å². The van der Waals surface area contributed by atoms with Crippen LogP contribution < -0.4 is 5.73 Å². The topological polar surface area (TPSA) is 49.5 Å². The van der Waals surface area contributed by atoms with Crippen molar-refractivity contribution in [3.63, 3.8) is 0 Å². The summed E-state index contributed by atoms with van der Waals surface area (Å²) >= 11 is 0. The molecular formula is C5H14N2O. The molecule has 0 aliphatic heterocycles. The first-order valence-corrected chi connectivity index (χ1v) is 2.75. The number of hydrogen-bond acceptors (Lipinski definition) is 3. The van der Waals surface area contributed by atoms with Crippen molar-refractivity contribution in [2.24, 2.45) is 5.73 Å². The van der Waals surface area contributed by atoms with Crippen LogP contribution in [0, 0.1) is 0 Å². The fourth-order valence-corrected chi connectivity index (χ4v) is 0.361. The Bertz CT molecular complexity index is 56.4. The van der Waals surface area contributed by atoms with Crippen molar-refractivity contribution in [3.05, 3.63) is 0 Å². The lowest BCUT2D eigenvalue weighted by atomic mass is 10.5. The van der Waals surface area contributed by atoms with E-state index in [0.717, 1.165) is 0 Å². The van der Waals surface area contributed by atoms with Crippen molar-refractivity contribution in [2.75, 3.05) is 20.2 Å². The van der Waals surface area contributed by atoms with Gasteiger partial charge in [0.15, 0.2) is 0 Å². The van der Waals surface area contributed by atoms with Gasteiger partial charge in [-0.15, -0.1) is 0 Å². The summed E-state index contributed by atoms with van der Waals surface area (Å²) in [6.45, 7) is 2.71. The third kappa shape index (κ3) is 2.96. The summed E-state index contributed by atoms with van der Waals surface area (Å²) in [5.41, 5.74) is 5.44. The van der Waals surface area contributed by atoms with E-state index in [9.17, 15) is 0 Å². The molecule has 0 aliphatic carbocycles. The van der Waals surface area contributed by atoms with Gasteiger partial charge in [-0.3, -0.25) is 4.90 Å². The average molecular weight is 118 g/mol. The Kier molecular flexibility index (Phi) is 3.77. The summed E-state index contributed by atoms with van der Waals surface area (Å²) in [5.74, 6) is 0. The molecule has 0 saturated heterocycles. The molecule has 8 heavy (non-hydrogen) atoms. The van der Waals surface area contributed by atoms with E-state index in [1.165, 1.54) is 0 Å². The van der Waals surface area contributed by atoms with Crippen LogP contribution in [0.1, 0.15) is 6.92 Å². The fourth-order valence-electron chi connectivity index (χ4n) is 0.361. The molecule has 0 aromatic rings. The summed E-state index contributed by atoms with van der Waals surface area (Å²) < 4.78 is 0. The fraction of sp³-hybridized carbons (Fsp3) is 1.00. The Balaban J connectivity index is 3.17. The van der Waals surface area contributed by atoms with Crippen molar-refractivity contribution in [2.45, 2.75) is 13.1 Å². The number of aliphatic hydroxyl groups excluding tert-OH is 1. The summed E-state index contributed by atoms with van der Waals surface area (Å²) in [6.07, 6.45) is 0.0437. The Morgan fingerprint density at radius 1 is 1.75 bits per heavy atom. The summed E-state index contributed by atoms with van der Waals surface area (Å²) in [5, 5.41) is 8.39. The molecule has 3 nitrogen and oxygen atoms in total. The molecule has 1 atom stereocenters. The summed E-state index contributed by atoms with van der Waals surface area (Å²) in [7, 11) is 1.88.